The van der Waals surface area contributed by atoms with Gasteiger partial charge in [-0.25, -0.2) is 0 Å². The predicted molar refractivity (Wildman–Crippen MR) is 82.7 cm³/mol. The fourth-order valence-corrected chi connectivity index (χ4v) is 2.45. The van der Waals surface area contributed by atoms with Crippen LogP contribution in [0.5, 0.6) is 5.75 Å². The van der Waals surface area contributed by atoms with E-state index in [2.05, 4.69) is 28.4 Å². The van der Waals surface area contributed by atoms with E-state index in [1.165, 1.54) is 11.1 Å². The van der Waals surface area contributed by atoms with Crippen LogP contribution in [-0.4, -0.2) is 58.6 Å². The van der Waals surface area contributed by atoms with Gasteiger partial charge in [0.25, 0.3) is 0 Å². The number of hydrogen-bond donors (Lipinski definition) is 1. The molecule has 1 N–H and O–H groups in total. The quantitative estimate of drug-likeness (QED) is 0.731. The highest BCUT2D eigenvalue weighted by Crippen LogP contribution is 2.21. The van der Waals surface area contributed by atoms with Gasteiger partial charge in [-0.1, -0.05) is 12.1 Å². The number of benzene rings is 1. The van der Waals surface area contributed by atoms with Crippen LogP contribution in [0.3, 0.4) is 0 Å². The van der Waals surface area contributed by atoms with Crippen LogP contribution in [0.15, 0.2) is 18.2 Å². The van der Waals surface area contributed by atoms with Gasteiger partial charge in [0.1, 0.15) is 5.75 Å². The smallest absolute Gasteiger partial charge is 0.123 e. The third kappa shape index (κ3) is 5.28. The zero-order valence-corrected chi connectivity index (χ0v) is 13.1. The largest absolute Gasteiger partial charge is 0.496 e. The second kappa shape index (κ2) is 9.00. The molecule has 21 heavy (non-hydrogen) atoms. The molecule has 1 heterocycles. The highest BCUT2D eigenvalue weighted by Gasteiger charge is 2.12. The van der Waals surface area contributed by atoms with Gasteiger partial charge in [0.2, 0.25) is 0 Å². The molecule has 0 aliphatic carbocycles. The van der Waals surface area contributed by atoms with E-state index >= 15 is 0 Å². The molecule has 2 rings (SSSR count). The predicted octanol–water partition coefficient (Wildman–Crippen LogP) is 1.26. The first-order valence-electron chi connectivity index (χ1n) is 7.49. The van der Waals surface area contributed by atoms with Crippen molar-refractivity contribution in [3.63, 3.8) is 0 Å². The molecule has 0 spiro atoms. The average molecular weight is 294 g/mol. The molecule has 0 aromatic heterocycles. The molecular formula is C16H26N2O3. The Bertz CT molecular complexity index is 420. The maximum atomic E-state index is 5.52. The fraction of sp³-hybridized carbons (Fsp3) is 0.625. The summed E-state index contributed by atoms with van der Waals surface area (Å²) < 4.78 is 15.9. The van der Waals surface area contributed by atoms with Gasteiger partial charge < -0.3 is 19.5 Å². The summed E-state index contributed by atoms with van der Waals surface area (Å²) in [6.07, 6.45) is 0. The fourth-order valence-electron chi connectivity index (χ4n) is 2.45. The van der Waals surface area contributed by atoms with Crippen molar-refractivity contribution in [3.05, 3.63) is 29.3 Å². The number of ether oxygens (including phenoxy) is 3. The number of nitrogens with zero attached hydrogens (tertiary/aromatic N) is 1. The third-order valence-electron chi connectivity index (χ3n) is 3.66. The Balaban J connectivity index is 1.91. The van der Waals surface area contributed by atoms with E-state index in [4.69, 9.17) is 14.2 Å². The van der Waals surface area contributed by atoms with Crippen molar-refractivity contribution in [2.24, 2.45) is 0 Å². The van der Waals surface area contributed by atoms with Gasteiger partial charge in [-0.2, -0.15) is 0 Å². The Morgan fingerprint density at radius 2 is 2.05 bits per heavy atom. The highest BCUT2D eigenvalue weighted by atomic mass is 16.5. The van der Waals surface area contributed by atoms with Crippen LogP contribution in [0.2, 0.25) is 0 Å². The summed E-state index contributed by atoms with van der Waals surface area (Å²) in [5.41, 5.74) is 2.47. The number of methoxy groups -OCH3 is 2. The molecule has 0 unspecified atom stereocenters. The molecule has 5 nitrogen and oxygen atoms in total. The van der Waals surface area contributed by atoms with E-state index in [0.29, 0.717) is 0 Å². The summed E-state index contributed by atoms with van der Waals surface area (Å²) in [5.74, 6) is 0.950. The van der Waals surface area contributed by atoms with E-state index in [1.807, 2.05) is 0 Å². The van der Waals surface area contributed by atoms with E-state index in [-0.39, 0.29) is 0 Å². The molecule has 5 heteroatoms. The van der Waals surface area contributed by atoms with Crippen LogP contribution in [0.25, 0.3) is 0 Å². The molecule has 1 aliphatic rings. The molecule has 1 aromatic carbocycles. The maximum Gasteiger partial charge on any atom is 0.123 e. The number of nitrogens with one attached hydrogen (secondary N) is 1. The van der Waals surface area contributed by atoms with E-state index in [9.17, 15) is 0 Å². The summed E-state index contributed by atoms with van der Waals surface area (Å²) in [4.78, 5) is 2.41. The minimum atomic E-state index is 0.720. The van der Waals surface area contributed by atoms with Crippen molar-refractivity contribution in [2.45, 2.75) is 13.1 Å². The van der Waals surface area contributed by atoms with Crippen molar-refractivity contribution >= 4 is 0 Å². The van der Waals surface area contributed by atoms with Gasteiger partial charge in [-0.3, -0.25) is 4.90 Å². The summed E-state index contributed by atoms with van der Waals surface area (Å²) in [5, 5.41) is 3.35. The number of morpholine rings is 1. The van der Waals surface area contributed by atoms with Crippen molar-refractivity contribution in [1.82, 2.24) is 10.2 Å². The average Bonchev–Trinajstić information content (AvgIpc) is 2.53. The molecular weight excluding hydrogens is 268 g/mol. The standard InChI is InChI=1S/C16H26N2O3/c1-19-8-5-17-12-15-4-3-14(11-16(15)20-2)13-18-6-9-21-10-7-18/h3-4,11,17H,5-10,12-13H2,1-2H3. The van der Waals surface area contributed by atoms with E-state index < -0.39 is 0 Å². The molecule has 118 valence electrons. The molecule has 0 atom stereocenters. The lowest BCUT2D eigenvalue weighted by molar-refractivity contribution is 0.0341. The van der Waals surface area contributed by atoms with Gasteiger partial charge >= 0.3 is 0 Å². The van der Waals surface area contributed by atoms with Crippen molar-refractivity contribution < 1.29 is 14.2 Å². The zero-order valence-electron chi connectivity index (χ0n) is 13.1. The lowest BCUT2D eigenvalue weighted by Gasteiger charge is -2.26. The van der Waals surface area contributed by atoms with Gasteiger partial charge in [0.15, 0.2) is 0 Å². The van der Waals surface area contributed by atoms with Gasteiger partial charge in [0, 0.05) is 45.4 Å². The first kappa shape index (κ1) is 16.2. The summed E-state index contributed by atoms with van der Waals surface area (Å²) in [7, 11) is 3.44. The van der Waals surface area contributed by atoms with Gasteiger partial charge in [0.05, 0.1) is 26.9 Å². The minimum Gasteiger partial charge on any atom is -0.496 e. The molecule has 0 radical (unpaired) electrons. The summed E-state index contributed by atoms with van der Waals surface area (Å²) in [6, 6.07) is 6.47. The second-order valence-electron chi connectivity index (χ2n) is 5.20. The topological polar surface area (TPSA) is 43.0 Å². The lowest BCUT2D eigenvalue weighted by atomic mass is 10.1. The number of hydrogen-bond acceptors (Lipinski definition) is 5. The molecule has 1 fully saturated rings. The normalized spacial score (nSPS) is 16.1. The Hall–Kier alpha value is -1.14. The Kier molecular flexibility index (Phi) is 6.95. The number of rotatable bonds is 8. The molecule has 1 saturated heterocycles. The molecule has 0 amide bonds. The Labute approximate surface area is 127 Å². The van der Waals surface area contributed by atoms with Crippen molar-refractivity contribution in [1.29, 1.82) is 0 Å². The van der Waals surface area contributed by atoms with Crippen LogP contribution in [0.4, 0.5) is 0 Å². The maximum absolute atomic E-state index is 5.52. The SMILES string of the molecule is COCCNCc1ccc(CN2CCOCC2)cc1OC. The monoisotopic (exact) mass is 294 g/mol. The molecule has 1 aromatic rings. The summed E-state index contributed by atoms with van der Waals surface area (Å²) >= 11 is 0. The van der Waals surface area contributed by atoms with Crippen LogP contribution in [-0.2, 0) is 22.6 Å². The molecule has 1 aliphatic heterocycles. The molecule has 0 saturated carbocycles. The van der Waals surface area contributed by atoms with Crippen molar-refractivity contribution in [2.75, 3.05) is 53.7 Å². The van der Waals surface area contributed by atoms with Crippen molar-refractivity contribution in [3.8, 4) is 5.75 Å². The van der Waals surface area contributed by atoms with Gasteiger partial charge in [-0.05, 0) is 11.6 Å². The second-order valence-corrected chi connectivity index (χ2v) is 5.20. The lowest BCUT2D eigenvalue weighted by Crippen LogP contribution is -2.35. The third-order valence-corrected chi connectivity index (χ3v) is 3.66. The molecule has 0 bridgehead atoms. The van der Waals surface area contributed by atoms with Crippen LogP contribution >= 0.6 is 0 Å². The van der Waals surface area contributed by atoms with E-state index in [0.717, 1.165) is 58.3 Å². The van der Waals surface area contributed by atoms with Gasteiger partial charge in [-0.15, -0.1) is 0 Å². The Morgan fingerprint density at radius 1 is 1.24 bits per heavy atom. The Morgan fingerprint density at radius 3 is 2.76 bits per heavy atom. The summed E-state index contributed by atoms with van der Waals surface area (Å²) in [6.45, 7) is 6.98. The van der Waals surface area contributed by atoms with Crippen LogP contribution < -0.4 is 10.1 Å². The first-order valence-corrected chi connectivity index (χ1v) is 7.49. The first-order chi connectivity index (χ1) is 10.3. The van der Waals surface area contributed by atoms with E-state index in [1.54, 1.807) is 14.2 Å². The van der Waals surface area contributed by atoms with Crippen LogP contribution in [0, 0.1) is 0 Å². The van der Waals surface area contributed by atoms with Crippen LogP contribution in [0.1, 0.15) is 11.1 Å². The highest BCUT2D eigenvalue weighted by molar-refractivity contribution is 5.37. The zero-order chi connectivity index (χ0) is 14.9. The minimum absolute atomic E-state index is 0.720.